The summed E-state index contributed by atoms with van der Waals surface area (Å²) in [5.41, 5.74) is 23.2. The molecule has 318 valence electrons. The molecule has 0 fully saturated rings. The van der Waals surface area contributed by atoms with E-state index in [0.29, 0.717) is 0 Å². The Labute approximate surface area is 397 Å². The molecule has 0 aromatic heterocycles. The minimum atomic E-state index is -0.580. The van der Waals surface area contributed by atoms with E-state index in [0.717, 1.165) is 28.4 Å². The van der Waals surface area contributed by atoms with Crippen LogP contribution in [0.25, 0.3) is 44.2 Å². The summed E-state index contributed by atoms with van der Waals surface area (Å²) in [6.07, 6.45) is 0. The summed E-state index contributed by atoms with van der Waals surface area (Å²) >= 11 is 0. The van der Waals surface area contributed by atoms with Crippen molar-refractivity contribution in [2.75, 3.05) is 9.80 Å². The van der Waals surface area contributed by atoms with E-state index in [9.17, 15) is 0 Å². The van der Waals surface area contributed by atoms with Gasteiger partial charge in [0.25, 0.3) is 0 Å². The molecule has 2 unspecified atom stereocenters. The lowest BCUT2D eigenvalue weighted by molar-refractivity contribution is 0.794. The molecule has 2 nitrogen and oxygen atoms in total. The molecular weight excluding hydrogens is 821 g/mol. The largest absolute Gasteiger partial charge is 0.310 e. The number of benzene rings is 11. The van der Waals surface area contributed by atoms with Crippen molar-refractivity contribution in [2.24, 2.45) is 0 Å². The van der Waals surface area contributed by atoms with Crippen molar-refractivity contribution < 1.29 is 0 Å². The fourth-order valence-corrected chi connectivity index (χ4v) is 12.3. The molecule has 2 atom stereocenters. The number of hydrogen-bond acceptors (Lipinski definition) is 2. The molecule has 0 amide bonds. The summed E-state index contributed by atoms with van der Waals surface area (Å²) in [7, 11) is 0. The zero-order valence-corrected chi connectivity index (χ0v) is 37.3. The number of anilines is 6. The number of para-hydroxylation sites is 3. The van der Waals surface area contributed by atoms with Gasteiger partial charge in [-0.05, 0) is 138 Å². The van der Waals surface area contributed by atoms with E-state index in [2.05, 4.69) is 271 Å². The van der Waals surface area contributed by atoms with Gasteiger partial charge in [0.15, 0.2) is 0 Å². The first-order valence-electron chi connectivity index (χ1n) is 23.7. The van der Waals surface area contributed by atoms with E-state index >= 15 is 0 Å². The second-order valence-electron chi connectivity index (χ2n) is 18.3. The monoisotopic (exact) mass is 864 g/mol. The Morgan fingerprint density at radius 2 is 0.809 bits per heavy atom. The third-order valence-corrected chi connectivity index (χ3v) is 14.9. The van der Waals surface area contributed by atoms with Crippen molar-refractivity contribution in [3.8, 4) is 33.4 Å². The first-order valence-corrected chi connectivity index (χ1v) is 23.7. The topological polar surface area (TPSA) is 6.48 Å². The Morgan fingerprint density at radius 3 is 1.50 bits per heavy atom. The summed E-state index contributed by atoms with van der Waals surface area (Å²) in [6, 6.07) is 96.9. The van der Waals surface area contributed by atoms with Crippen LogP contribution in [0.1, 0.15) is 44.9 Å². The number of rotatable bonds is 7. The van der Waals surface area contributed by atoms with Gasteiger partial charge in [0.2, 0.25) is 0 Å². The zero-order chi connectivity index (χ0) is 44.8. The predicted molar refractivity (Wildman–Crippen MR) is 282 cm³/mol. The van der Waals surface area contributed by atoms with Crippen LogP contribution >= 0.6 is 0 Å². The van der Waals surface area contributed by atoms with Crippen molar-refractivity contribution in [2.45, 2.75) is 11.3 Å². The lowest BCUT2D eigenvalue weighted by Gasteiger charge is -2.34. The second-order valence-corrected chi connectivity index (χ2v) is 18.3. The Bertz CT molecular complexity index is 3710. The van der Waals surface area contributed by atoms with Crippen LogP contribution in [-0.4, -0.2) is 0 Å². The van der Waals surface area contributed by atoms with Gasteiger partial charge in [-0.3, -0.25) is 0 Å². The average Bonchev–Trinajstić information content (AvgIpc) is 4.02. The maximum atomic E-state index is 2.57. The molecule has 11 aromatic carbocycles. The SMILES string of the molecule is c1ccc(C2c3ccccc3-c3cccc(N(c4ccccc4)c4cc5c(c6ccccc46)-c4ccccc4C54c5ccccc5-c5cc(N(c6ccccc6)c6ccccc6)ccc54)c32)cc1. The summed E-state index contributed by atoms with van der Waals surface area (Å²) in [6.45, 7) is 0. The molecule has 3 aliphatic rings. The van der Waals surface area contributed by atoms with Gasteiger partial charge < -0.3 is 9.80 Å². The van der Waals surface area contributed by atoms with Crippen LogP contribution in [0.5, 0.6) is 0 Å². The van der Waals surface area contributed by atoms with E-state index < -0.39 is 5.41 Å². The molecule has 0 saturated carbocycles. The zero-order valence-electron chi connectivity index (χ0n) is 37.3. The Hall–Kier alpha value is -8.72. The van der Waals surface area contributed by atoms with Crippen LogP contribution < -0.4 is 9.80 Å². The Morgan fingerprint density at radius 1 is 0.294 bits per heavy atom. The molecule has 0 aliphatic heterocycles. The van der Waals surface area contributed by atoms with E-state index in [-0.39, 0.29) is 5.92 Å². The smallest absolute Gasteiger partial charge is 0.0726 e. The molecule has 14 rings (SSSR count). The molecule has 0 radical (unpaired) electrons. The van der Waals surface area contributed by atoms with Gasteiger partial charge in [0.1, 0.15) is 0 Å². The minimum absolute atomic E-state index is 0.0650. The quantitative estimate of drug-likeness (QED) is 0.157. The van der Waals surface area contributed by atoms with Gasteiger partial charge in [-0.1, -0.05) is 200 Å². The maximum absolute atomic E-state index is 2.57. The third kappa shape index (κ3) is 5.46. The first kappa shape index (κ1) is 38.5. The molecule has 0 heterocycles. The predicted octanol–water partition coefficient (Wildman–Crippen LogP) is 17.3. The van der Waals surface area contributed by atoms with Crippen LogP contribution in [0.15, 0.2) is 261 Å². The summed E-state index contributed by atoms with van der Waals surface area (Å²) < 4.78 is 0. The molecule has 1 spiro atoms. The minimum Gasteiger partial charge on any atom is -0.310 e. The summed E-state index contributed by atoms with van der Waals surface area (Å²) in [5, 5.41) is 2.47. The van der Waals surface area contributed by atoms with Crippen LogP contribution in [0, 0.1) is 0 Å². The molecule has 0 N–H and O–H groups in total. The third-order valence-electron chi connectivity index (χ3n) is 14.9. The molecule has 0 saturated heterocycles. The fourth-order valence-electron chi connectivity index (χ4n) is 12.3. The number of hydrogen-bond donors (Lipinski definition) is 0. The summed E-state index contributed by atoms with van der Waals surface area (Å²) in [4.78, 5) is 4.95. The molecule has 68 heavy (non-hydrogen) atoms. The standard InChI is InChI=1S/C66H44N2/c1-5-22-44(23-6-1)63-52-33-15-13-30-49(52)53-36-21-39-61(65(53)63)68(47-28-11-4-12-29-47)62-43-60-64(54-34-16-14-32-51(54)62)55-35-18-20-38-58(55)66(60)57-37-19-17-31-50(57)56-42-48(40-41-59(56)66)67(45-24-7-2-8-25-45)46-26-9-3-10-27-46/h1-43,63H. The highest BCUT2D eigenvalue weighted by molar-refractivity contribution is 6.12. The molecule has 0 bridgehead atoms. The van der Waals surface area contributed by atoms with Gasteiger partial charge in [-0.15, -0.1) is 0 Å². The summed E-state index contributed by atoms with van der Waals surface area (Å²) in [5.74, 6) is 0.0650. The second kappa shape index (κ2) is 15.2. The van der Waals surface area contributed by atoms with E-state index in [1.807, 2.05) is 0 Å². The van der Waals surface area contributed by atoms with Gasteiger partial charge in [-0.25, -0.2) is 0 Å². The Balaban J connectivity index is 1.06. The van der Waals surface area contributed by atoms with Gasteiger partial charge in [0.05, 0.1) is 16.8 Å². The van der Waals surface area contributed by atoms with Crippen molar-refractivity contribution >= 4 is 44.9 Å². The van der Waals surface area contributed by atoms with Gasteiger partial charge in [0, 0.05) is 34.1 Å². The first-order chi connectivity index (χ1) is 33.8. The van der Waals surface area contributed by atoms with Crippen LogP contribution in [-0.2, 0) is 5.41 Å². The van der Waals surface area contributed by atoms with Gasteiger partial charge in [-0.2, -0.15) is 0 Å². The highest BCUT2D eigenvalue weighted by Gasteiger charge is 2.52. The lowest BCUT2D eigenvalue weighted by Crippen LogP contribution is -2.26. The highest BCUT2D eigenvalue weighted by Crippen LogP contribution is 2.66. The lowest BCUT2D eigenvalue weighted by atomic mass is 9.70. The van der Waals surface area contributed by atoms with Crippen LogP contribution in [0.3, 0.4) is 0 Å². The van der Waals surface area contributed by atoms with Gasteiger partial charge >= 0.3 is 0 Å². The molecule has 11 aromatic rings. The van der Waals surface area contributed by atoms with Crippen molar-refractivity contribution in [3.63, 3.8) is 0 Å². The van der Waals surface area contributed by atoms with Crippen molar-refractivity contribution in [1.29, 1.82) is 0 Å². The molecule has 3 aliphatic carbocycles. The number of nitrogens with zero attached hydrogens (tertiary/aromatic N) is 2. The average molecular weight is 865 g/mol. The van der Waals surface area contributed by atoms with E-state index in [4.69, 9.17) is 0 Å². The maximum Gasteiger partial charge on any atom is 0.0726 e. The van der Waals surface area contributed by atoms with Crippen molar-refractivity contribution in [3.05, 3.63) is 300 Å². The van der Waals surface area contributed by atoms with E-state index in [1.54, 1.807) is 0 Å². The molecular formula is C66H44N2. The highest BCUT2D eigenvalue weighted by atomic mass is 15.2. The fraction of sp³-hybridized carbons (Fsp3) is 0.0303. The van der Waals surface area contributed by atoms with E-state index in [1.165, 1.54) is 88.8 Å². The number of fused-ring (bicyclic) bond motifs is 15. The van der Waals surface area contributed by atoms with Crippen LogP contribution in [0.4, 0.5) is 34.1 Å². The molecule has 2 heteroatoms. The Kier molecular flexibility index (Phi) is 8.60. The van der Waals surface area contributed by atoms with Crippen molar-refractivity contribution in [1.82, 2.24) is 0 Å². The normalized spacial score (nSPS) is 15.6. The van der Waals surface area contributed by atoms with Crippen LogP contribution in [0.2, 0.25) is 0 Å².